The second kappa shape index (κ2) is 10.0. The van der Waals surface area contributed by atoms with E-state index in [1.54, 1.807) is 6.08 Å². The van der Waals surface area contributed by atoms with Crippen LogP contribution in [0.4, 0.5) is 0 Å². The van der Waals surface area contributed by atoms with E-state index >= 15 is 0 Å². The Hall–Kier alpha value is -2.94. The molecule has 0 aliphatic heterocycles. The van der Waals surface area contributed by atoms with Crippen molar-refractivity contribution in [3.05, 3.63) is 132 Å². The standard InChI is InChI=1S/C27H28O2/c1-22(2)26(28)20-12-13-21-29-27(23-14-6-3-7-15-23,24-16-8-4-9-17-24)25-18-10-5-11-19-25/h3-12,14-20,26,28H,1,13,21H2,2H3/b20-12+/t26-/m1/s1. The lowest BCUT2D eigenvalue weighted by Crippen LogP contribution is -2.33. The molecule has 0 saturated carbocycles. The van der Waals surface area contributed by atoms with E-state index in [1.807, 2.05) is 67.6 Å². The van der Waals surface area contributed by atoms with E-state index in [9.17, 15) is 5.11 Å². The fraction of sp³-hybridized carbons (Fsp3) is 0.185. The van der Waals surface area contributed by atoms with Crippen molar-refractivity contribution in [2.24, 2.45) is 0 Å². The van der Waals surface area contributed by atoms with E-state index < -0.39 is 11.7 Å². The lowest BCUT2D eigenvalue weighted by atomic mass is 9.80. The van der Waals surface area contributed by atoms with Gasteiger partial charge in [-0.15, -0.1) is 0 Å². The summed E-state index contributed by atoms with van der Waals surface area (Å²) in [7, 11) is 0. The van der Waals surface area contributed by atoms with Crippen LogP contribution in [0.3, 0.4) is 0 Å². The number of benzene rings is 3. The van der Waals surface area contributed by atoms with Crippen LogP contribution in [-0.2, 0) is 10.3 Å². The van der Waals surface area contributed by atoms with Gasteiger partial charge in [-0.05, 0) is 35.6 Å². The van der Waals surface area contributed by atoms with E-state index in [0.29, 0.717) is 13.0 Å². The van der Waals surface area contributed by atoms with Crippen LogP contribution in [0.15, 0.2) is 115 Å². The molecule has 29 heavy (non-hydrogen) atoms. The number of hydrogen-bond acceptors (Lipinski definition) is 2. The van der Waals surface area contributed by atoms with E-state index in [2.05, 4.69) is 43.0 Å². The fourth-order valence-electron chi connectivity index (χ4n) is 3.44. The highest BCUT2D eigenvalue weighted by Crippen LogP contribution is 2.40. The zero-order chi connectivity index (χ0) is 20.5. The van der Waals surface area contributed by atoms with Crippen LogP contribution in [0.1, 0.15) is 30.0 Å². The number of aliphatic hydroxyl groups excluding tert-OH is 1. The molecule has 0 amide bonds. The first kappa shape index (κ1) is 20.8. The smallest absolute Gasteiger partial charge is 0.143 e. The topological polar surface area (TPSA) is 29.5 Å². The summed E-state index contributed by atoms with van der Waals surface area (Å²) in [6, 6.07) is 31.0. The molecule has 0 spiro atoms. The molecule has 0 aliphatic carbocycles. The lowest BCUT2D eigenvalue weighted by molar-refractivity contribution is 0.0156. The molecule has 0 aliphatic rings. The summed E-state index contributed by atoms with van der Waals surface area (Å²) in [6.07, 6.45) is 3.79. The summed E-state index contributed by atoms with van der Waals surface area (Å²) in [5.41, 5.74) is 3.29. The molecule has 2 nitrogen and oxygen atoms in total. The second-order valence-electron chi connectivity index (χ2n) is 7.14. The summed E-state index contributed by atoms with van der Waals surface area (Å²) >= 11 is 0. The molecule has 2 heteroatoms. The Balaban J connectivity index is 1.98. The first-order valence-electron chi connectivity index (χ1n) is 9.95. The zero-order valence-electron chi connectivity index (χ0n) is 16.9. The Morgan fingerprint density at radius 2 is 1.28 bits per heavy atom. The first-order valence-corrected chi connectivity index (χ1v) is 9.95. The maximum atomic E-state index is 9.89. The zero-order valence-corrected chi connectivity index (χ0v) is 16.9. The molecule has 3 aromatic carbocycles. The molecule has 0 aromatic heterocycles. The fourth-order valence-corrected chi connectivity index (χ4v) is 3.44. The van der Waals surface area contributed by atoms with E-state index in [-0.39, 0.29) is 0 Å². The van der Waals surface area contributed by atoms with Gasteiger partial charge in [-0.3, -0.25) is 0 Å². The monoisotopic (exact) mass is 384 g/mol. The molecule has 0 bridgehead atoms. The van der Waals surface area contributed by atoms with E-state index in [1.165, 1.54) is 0 Å². The summed E-state index contributed by atoms with van der Waals surface area (Å²) < 4.78 is 6.67. The lowest BCUT2D eigenvalue weighted by Gasteiger charge is -2.36. The van der Waals surface area contributed by atoms with Gasteiger partial charge in [0.1, 0.15) is 5.60 Å². The molecule has 1 N–H and O–H groups in total. The molecule has 3 rings (SSSR count). The van der Waals surface area contributed by atoms with Gasteiger partial charge < -0.3 is 9.84 Å². The normalized spacial score (nSPS) is 12.8. The molecule has 0 heterocycles. The third-order valence-electron chi connectivity index (χ3n) is 4.97. The molecule has 0 radical (unpaired) electrons. The van der Waals surface area contributed by atoms with Gasteiger partial charge in [0, 0.05) is 0 Å². The maximum absolute atomic E-state index is 9.89. The van der Waals surface area contributed by atoms with E-state index in [0.717, 1.165) is 22.3 Å². The summed E-state index contributed by atoms with van der Waals surface area (Å²) in [4.78, 5) is 0. The van der Waals surface area contributed by atoms with Gasteiger partial charge >= 0.3 is 0 Å². The quantitative estimate of drug-likeness (QED) is 0.284. The molecule has 1 atom stereocenters. The van der Waals surface area contributed by atoms with Crippen molar-refractivity contribution in [2.45, 2.75) is 25.0 Å². The van der Waals surface area contributed by atoms with Crippen LogP contribution < -0.4 is 0 Å². The van der Waals surface area contributed by atoms with Crippen molar-refractivity contribution in [3.8, 4) is 0 Å². The Morgan fingerprint density at radius 1 is 0.862 bits per heavy atom. The Kier molecular flexibility index (Phi) is 7.18. The minimum atomic E-state index is -0.704. The largest absolute Gasteiger partial charge is 0.385 e. The average Bonchev–Trinajstić information content (AvgIpc) is 2.78. The highest BCUT2D eigenvalue weighted by atomic mass is 16.5. The van der Waals surface area contributed by atoms with Crippen LogP contribution in [0, 0.1) is 0 Å². The predicted molar refractivity (Wildman–Crippen MR) is 120 cm³/mol. The Labute approximate surface area is 173 Å². The first-order chi connectivity index (χ1) is 14.1. The van der Waals surface area contributed by atoms with E-state index in [4.69, 9.17) is 4.74 Å². The third kappa shape index (κ3) is 4.92. The SMILES string of the molecule is C=C(C)[C@H](O)/C=C/CCOC(c1ccccc1)(c1ccccc1)c1ccccc1. The number of aliphatic hydroxyl groups is 1. The number of rotatable bonds is 9. The van der Waals surface area contributed by atoms with Crippen molar-refractivity contribution in [3.63, 3.8) is 0 Å². The molecule has 148 valence electrons. The van der Waals surface area contributed by atoms with Gasteiger partial charge in [-0.1, -0.05) is 110 Å². The average molecular weight is 385 g/mol. The van der Waals surface area contributed by atoms with Gasteiger partial charge in [-0.2, -0.15) is 0 Å². The number of ether oxygens (including phenoxy) is 1. The van der Waals surface area contributed by atoms with Crippen LogP contribution in [0.2, 0.25) is 0 Å². The second-order valence-corrected chi connectivity index (χ2v) is 7.14. The van der Waals surface area contributed by atoms with Crippen molar-refractivity contribution >= 4 is 0 Å². The van der Waals surface area contributed by atoms with Crippen molar-refractivity contribution in [2.75, 3.05) is 6.61 Å². The molecular weight excluding hydrogens is 356 g/mol. The van der Waals surface area contributed by atoms with Crippen molar-refractivity contribution in [1.29, 1.82) is 0 Å². The van der Waals surface area contributed by atoms with Crippen LogP contribution in [0.5, 0.6) is 0 Å². The predicted octanol–water partition coefficient (Wildman–Crippen LogP) is 5.88. The van der Waals surface area contributed by atoms with Gasteiger partial charge in [-0.25, -0.2) is 0 Å². The molecule has 0 unspecified atom stereocenters. The minimum absolute atomic E-state index is 0.512. The summed E-state index contributed by atoms with van der Waals surface area (Å²) in [5.74, 6) is 0. The van der Waals surface area contributed by atoms with Crippen LogP contribution in [0.25, 0.3) is 0 Å². The highest BCUT2D eigenvalue weighted by Gasteiger charge is 2.37. The summed E-state index contributed by atoms with van der Waals surface area (Å²) in [5, 5.41) is 9.89. The van der Waals surface area contributed by atoms with Crippen molar-refractivity contribution in [1.82, 2.24) is 0 Å². The van der Waals surface area contributed by atoms with Crippen LogP contribution in [-0.4, -0.2) is 17.8 Å². The molecule has 3 aromatic rings. The Bertz CT molecular complexity index is 818. The minimum Gasteiger partial charge on any atom is -0.385 e. The van der Waals surface area contributed by atoms with Gasteiger partial charge in [0.2, 0.25) is 0 Å². The Morgan fingerprint density at radius 3 is 1.66 bits per heavy atom. The molecule has 0 saturated heterocycles. The van der Waals surface area contributed by atoms with Gasteiger partial charge in [0.15, 0.2) is 0 Å². The highest BCUT2D eigenvalue weighted by molar-refractivity contribution is 5.47. The van der Waals surface area contributed by atoms with Gasteiger partial charge in [0.25, 0.3) is 0 Å². The molecule has 0 fully saturated rings. The number of hydrogen-bond donors (Lipinski definition) is 1. The van der Waals surface area contributed by atoms with Crippen LogP contribution >= 0.6 is 0 Å². The van der Waals surface area contributed by atoms with Gasteiger partial charge in [0.05, 0.1) is 12.7 Å². The maximum Gasteiger partial charge on any atom is 0.143 e. The summed E-state index contributed by atoms with van der Waals surface area (Å²) in [6.45, 7) is 6.11. The molecular formula is C27H28O2. The third-order valence-corrected chi connectivity index (χ3v) is 4.97. The van der Waals surface area contributed by atoms with Crippen molar-refractivity contribution < 1.29 is 9.84 Å².